The summed E-state index contributed by atoms with van der Waals surface area (Å²) in [6.45, 7) is 2.61. The van der Waals surface area contributed by atoms with Crippen LogP contribution in [0, 0.1) is 5.92 Å². The van der Waals surface area contributed by atoms with Crippen molar-refractivity contribution in [2.24, 2.45) is 11.7 Å². The zero-order chi connectivity index (χ0) is 13.9. The molecule has 0 bridgehead atoms. The van der Waals surface area contributed by atoms with Crippen molar-refractivity contribution in [3.05, 3.63) is 35.4 Å². The maximum atomic E-state index is 12.0. The average molecular weight is 282 g/mol. The van der Waals surface area contributed by atoms with E-state index in [1.54, 1.807) is 0 Å². The largest absolute Gasteiger partial charge is 0.326 e. The number of hydrogen-bond donors (Lipinski definition) is 2. The molecule has 1 aromatic rings. The standard InChI is InChI=1S/C14H22N2O2S/c1-2-3-13-8-14(13)16-19(17,18)10-12-6-4-11(9-15)5-7-12/h4-7,13-14,16H,2-3,8-10,15H2,1H3. The van der Waals surface area contributed by atoms with Gasteiger partial charge in [-0.1, -0.05) is 37.6 Å². The molecule has 1 fully saturated rings. The SMILES string of the molecule is CCCC1CC1NS(=O)(=O)Cc1ccc(CN)cc1. The molecule has 106 valence electrons. The van der Waals surface area contributed by atoms with Gasteiger partial charge in [-0.15, -0.1) is 0 Å². The van der Waals surface area contributed by atoms with Gasteiger partial charge in [-0.05, 0) is 29.9 Å². The quantitative estimate of drug-likeness (QED) is 0.800. The van der Waals surface area contributed by atoms with Gasteiger partial charge in [0.05, 0.1) is 5.75 Å². The maximum Gasteiger partial charge on any atom is 0.216 e. The number of benzene rings is 1. The summed E-state index contributed by atoms with van der Waals surface area (Å²) in [6.07, 6.45) is 3.21. The molecule has 1 saturated carbocycles. The molecule has 2 unspecified atom stereocenters. The Morgan fingerprint density at radius 1 is 1.26 bits per heavy atom. The van der Waals surface area contributed by atoms with Crippen molar-refractivity contribution < 1.29 is 8.42 Å². The Balaban J connectivity index is 1.90. The van der Waals surface area contributed by atoms with Crippen LogP contribution in [0.2, 0.25) is 0 Å². The summed E-state index contributed by atoms with van der Waals surface area (Å²) >= 11 is 0. The molecule has 5 heteroatoms. The molecule has 0 spiro atoms. The molecule has 4 nitrogen and oxygen atoms in total. The van der Waals surface area contributed by atoms with Crippen molar-refractivity contribution in [1.29, 1.82) is 0 Å². The first-order valence-electron chi connectivity index (χ1n) is 6.82. The third-order valence-corrected chi connectivity index (χ3v) is 4.90. The number of sulfonamides is 1. The number of rotatable bonds is 7. The molecule has 19 heavy (non-hydrogen) atoms. The Morgan fingerprint density at radius 2 is 1.89 bits per heavy atom. The van der Waals surface area contributed by atoms with Crippen LogP contribution < -0.4 is 10.5 Å². The molecule has 0 aromatic heterocycles. The lowest BCUT2D eigenvalue weighted by Crippen LogP contribution is -2.28. The molecule has 0 aliphatic heterocycles. The summed E-state index contributed by atoms with van der Waals surface area (Å²) in [4.78, 5) is 0. The summed E-state index contributed by atoms with van der Waals surface area (Å²) < 4.78 is 26.8. The van der Waals surface area contributed by atoms with Gasteiger partial charge in [-0.2, -0.15) is 0 Å². The Labute approximate surface area is 115 Å². The minimum absolute atomic E-state index is 0.0488. The van der Waals surface area contributed by atoms with Crippen LogP contribution >= 0.6 is 0 Å². The van der Waals surface area contributed by atoms with E-state index in [2.05, 4.69) is 11.6 Å². The second-order valence-electron chi connectivity index (χ2n) is 5.29. The Bertz CT molecular complexity index is 511. The van der Waals surface area contributed by atoms with Gasteiger partial charge in [-0.3, -0.25) is 0 Å². The minimum atomic E-state index is -3.22. The van der Waals surface area contributed by atoms with Crippen LogP contribution in [0.4, 0.5) is 0 Å². The number of nitrogens with two attached hydrogens (primary N) is 1. The predicted octanol–water partition coefficient (Wildman–Crippen LogP) is 1.75. The van der Waals surface area contributed by atoms with Gasteiger partial charge in [0.15, 0.2) is 0 Å². The van der Waals surface area contributed by atoms with E-state index in [0.29, 0.717) is 12.5 Å². The molecule has 0 heterocycles. The normalized spacial score (nSPS) is 22.4. The summed E-state index contributed by atoms with van der Waals surface area (Å²) in [5.41, 5.74) is 7.33. The van der Waals surface area contributed by atoms with Crippen LogP contribution in [-0.4, -0.2) is 14.5 Å². The van der Waals surface area contributed by atoms with Crippen LogP contribution in [0.1, 0.15) is 37.3 Å². The highest BCUT2D eigenvalue weighted by atomic mass is 32.2. The van der Waals surface area contributed by atoms with E-state index in [-0.39, 0.29) is 11.8 Å². The van der Waals surface area contributed by atoms with Gasteiger partial charge in [0, 0.05) is 12.6 Å². The highest BCUT2D eigenvalue weighted by Crippen LogP contribution is 2.35. The van der Waals surface area contributed by atoms with Crippen molar-refractivity contribution in [2.75, 3.05) is 0 Å². The van der Waals surface area contributed by atoms with Crippen molar-refractivity contribution >= 4 is 10.0 Å². The Morgan fingerprint density at radius 3 is 2.47 bits per heavy atom. The highest BCUT2D eigenvalue weighted by Gasteiger charge is 2.38. The first-order valence-corrected chi connectivity index (χ1v) is 8.47. The lowest BCUT2D eigenvalue weighted by molar-refractivity contribution is 0.572. The topological polar surface area (TPSA) is 72.2 Å². The maximum absolute atomic E-state index is 12.0. The molecule has 1 aliphatic rings. The fourth-order valence-electron chi connectivity index (χ4n) is 2.35. The van der Waals surface area contributed by atoms with Gasteiger partial charge in [-0.25, -0.2) is 13.1 Å². The van der Waals surface area contributed by atoms with E-state index >= 15 is 0 Å². The molecule has 0 saturated heterocycles. The minimum Gasteiger partial charge on any atom is -0.326 e. The summed E-state index contributed by atoms with van der Waals surface area (Å²) in [5.74, 6) is 0.590. The van der Waals surface area contributed by atoms with Crippen molar-refractivity contribution in [2.45, 2.75) is 44.5 Å². The summed E-state index contributed by atoms with van der Waals surface area (Å²) in [5, 5.41) is 0. The van der Waals surface area contributed by atoms with E-state index in [0.717, 1.165) is 30.4 Å². The van der Waals surface area contributed by atoms with Gasteiger partial charge < -0.3 is 5.73 Å². The van der Waals surface area contributed by atoms with E-state index in [9.17, 15) is 8.42 Å². The molecule has 3 N–H and O–H groups in total. The van der Waals surface area contributed by atoms with Crippen LogP contribution in [0.5, 0.6) is 0 Å². The molecule has 0 radical (unpaired) electrons. The number of hydrogen-bond acceptors (Lipinski definition) is 3. The fraction of sp³-hybridized carbons (Fsp3) is 0.571. The average Bonchev–Trinajstić information content (AvgIpc) is 3.07. The first kappa shape index (κ1) is 14.5. The zero-order valence-corrected chi connectivity index (χ0v) is 12.1. The lowest BCUT2D eigenvalue weighted by Gasteiger charge is -2.07. The van der Waals surface area contributed by atoms with E-state index in [1.165, 1.54) is 0 Å². The highest BCUT2D eigenvalue weighted by molar-refractivity contribution is 7.88. The molecule has 2 atom stereocenters. The van der Waals surface area contributed by atoms with E-state index in [1.807, 2.05) is 24.3 Å². The predicted molar refractivity (Wildman–Crippen MR) is 76.9 cm³/mol. The van der Waals surface area contributed by atoms with Crippen molar-refractivity contribution in [1.82, 2.24) is 4.72 Å². The second kappa shape index (κ2) is 6.03. The van der Waals surface area contributed by atoms with Crippen LogP contribution in [0.3, 0.4) is 0 Å². The van der Waals surface area contributed by atoms with Gasteiger partial charge >= 0.3 is 0 Å². The van der Waals surface area contributed by atoms with Crippen molar-refractivity contribution in [3.8, 4) is 0 Å². The molecule has 1 aliphatic carbocycles. The Hall–Kier alpha value is -0.910. The fourth-order valence-corrected chi connectivity index (χ4v) is 3.81. The molecule has 2 rings (SSSR count). The van der Waals surface area contributed by atoms with E-state index in [4.69, 9.17) is 5.73 Å². The van der Waals surface area contributed by atoms with Crippen LogP contribution in [-0.2, 0) is 22.3 Å². The molecular weight excluding hydrogens is 260 g/mol. The summed E-state index contributed by atoms with van der Waals surface area (Å²) in [7, 11) is -3.22. The van der Waals surface area contributed by atoms with Crippen LogP contribution in [0.25, 0.3) is 0 Å². The van der Waals surface area contributed by atoms with Crippen LogP contribution in [0.15, 0.2) is 24.3 Å². The molecule has 0 amide bonds. The monoisotopic (exact) mass is 282 g/mol. The lowest BCUT2D eigenvalue weighted by atomic mass is 10.1. The molecular formula is C14H22N2O2S. The third-order valence-electron chi connectivity index (χ3n) is 3.53. The van der Waals surface area contributed by atoms with Crippen molar-refractivity contribution in [3.63, 3.8) is 0 Å². The summed E-state index contributed by atoms with van der Waals surface area (Å²) in [6, 6.07) is 7.58. The van der Waals surface area contributed by atoms with E-state index < -0.39 is 10.0 Å². The third kappa shape index (κ3) is 4.30. The van der Waals surface area contributed by atoms with Gasteiger partial charge in [0.2, 0.25) is 10.0 Å². The first-order chi connectivity index (χ1) is 9.04. The smallest absolute Gasteiger partial charge is 0.216 e. The Kier molecular flexibility index (Phi) is 4.60. The molecule has 1 aromatic carbocycles. The van der Waals surface area contributed by atoms with Gasteiger partial charge in [0.1, 0.15) is 0 Å². The zero-order valence-electron chi connectivity index (χ0n) is 11.3. The second-order valence-corrected chi connectivity index (χ2v) is 7.04. The number of nitrogens with one attached hydrogen (secondary N) is 1. The van der Waals surface area contributed by atoms with Gasteiger partial charge in [0.25, 0.3) is 0 Å².